The van der Waals surface area contributed by atoms with Gasteiger partial charge < -0.3 is 9.73 Å². The number of nitrogens with zero attached hydrogens (tertiary/aromatic N) is 3. The van der Waals surface area contributed by atoms with Crippen LogP contribution < -0.4 is 5.32 Å². The van der Waals surface area contributed by atoms with Gasteiger partial charge in [-0.15, -0.1) is 10.2 Å². The molecule has 0 fully saturated rings. The van der Waals surface area contributed by atoms with Crippen molar-refractivity contribution in [3.05, 3.63) is 48.3 Å². The van der Waals surface area contributed by atoms with Gasteiger partial charge >= 0.3 is 0 Å². The lowest BCUT2D eigenvalue weighted by molar-refractivity contribution is 0.102. The number of amides is 1. The minimum atomic E-state index is -0.238. The zero-order valence-corrected chi connectivity index (χ0v) is 9.62. The van der Waals surface area contributed by atoms with E-state index in [1.807, 2.05) is 23.6 Å². The Balaban J connectivity index is 1.98. The molecule has 0 aromatic carbocycles. The topological polar surface area (TPSA) is 72.4 Å². The first kappa shape index (κ1) is 10.5. The van der Waals surface area contributed by atoms with Crippen LogP contribution in [0.2, 0.25) is 0 Å². The highest BCUT2D eigenvalue weighted by atomic mass is 16.3. The number of furan rings is 1. The number of pyridine rings is 1. The predicted octanol–water partition coefficient (Wildman–Crippen LogP) is 1.88. The third kappa shape index (κ3) is 1.64. The number of aryl methyl sites for hydroxylation is 1. The van der Waals surface area contributed by atoms with Gasteiger partial charge in [0.1, 0.15) is 12.1 Å². The second kappa shape index (κ2) is 3.99. The molecule has 3 aromatic heterocycles. The third-order valence-corrected chi connectivity index (χ3v) is 2.64. The SMILES string of the molecule is Cc1nnc2c(NC(=O)c3ccoc3)cccn12. The van der Waals surface area contributed by atoms with Crippen LogP contribution in [0.5, 0.6) is 0 Å². The van der Waals surface area contributed by atoms with Crippen molar-refractivity contribution in [1.29, 1.82) is 0 Å². The van der Waals surface area contributed by atoms with E-state index in [4.69, 9.17) is 4.42 Å². The fraction of sp³-hybridized carbons (Fsp3) is 0.0833. The van der Waals surface area contributed by atoms with Crippen molar-refractivity contribution in [2.75, 3.05) is 5.32 Å². The maximum Gasteiger partial charge on any atom is 0.259 e. The summed E-state index contributed by atoms with van der Waals surface area (Å²) in [5.74, 6) is 0.530. The molecule has 90 valence electrons. The van der Waals surface area contributed by atoms with E-state index in [-0.39, 0.29) is 5.91 Å². The quantitative estimate of drug-likeness (QED) is 0.744. The molecule has 6 nitrogen and oxygen atoms in total. The van der Waals surface area contributed by atoms with E-state index in [1.54, 1.807) is 12.1 Å². The van der Waals surface area contributed by atoms with Gasteiger partial charge in [0.25, 0.3) is 5.91 Å². The summed E-state index contributed by atoms with van der Waals surface area (Å²) in [5, 5.41) is 10.8. The largest absolute Gasteiger partial charge is 0.472 e. The maximum atomic E-state index is 11.9. The minimum Gasteiger partial charge on any atom is -0.472 e. The van der Waals surface area contributed by atoms with Gasteiger partial charge in [0, 0.05) is 6.20 Å². The van der Waals surface area contributed by atoms with Gasteiger partial charge in [-0.25, -0.2) is 0 Å². The summed E-state index contributed by atoms with van der Waals surface area (Å²) >= 11 is 0. The molecule has 0 aliphatic heterocycles. The Bertz CT molecular complexity index is 700. The number of hydrogen-bond acceptors (Lipinski definition) is 4. The van der Waals surface area contributed by atoms with Gasteiger partial charge in [0.15, 0.2) is 5.65 Å². The number of hydrogen-bond donors (Lipinski definition) is 1. The molecule has 0 spiro atoms. The van der Waals surface area contributed by atoms with Crippen LogP contribution in [0.25, 0.3) is 5.65 Å². The lowest BCUT2D eigenvalue weighted by Crippen LogP contribution is -2.11. The van der Waals surface area contributed by atoms with Crippen LogP contribution in [0.3, 0.4) is 0 Å². The van der Waals surface area contributed by atoms with Crippen LogP contribution in [0.4, 0.5) is 5.69 Å². The number of carbonyl (C=O) groups excluding carboxylic acids is 1. The van der Waals surface area contributed by atoms with Crippen molar-refractivity contribution >= 4 is 17.2 Å². The molecular weight excluding hydrogens is 232 g/mol. The molecule has 3 aromatic rings. The Morgan fingerprint density at radius 1 is 1.39 bits per heavy atom. The van der Waals surface area contributed by atoms with E-state index in [1.165, 1.54) is 12.5 Å². The Morgan fingerprint density at radius 2 is 2.28 bits per heavy atom. The number of nitrogens with one attached hydrogen (secondary N) is 1. The van der Waals surface area contributed by atoms with Gasteiger partial charge in [-0.2, -0.15) is 0 Å². The molecule has 0 aliphatic rings. The highest BCUT2D eigenvalue weighted by Gasteiger charge is 2.11. The summed E-state index contributed by atoms with van der Waals surface area (Å²) in [6.45, 7) is 1.85. The van der Waals surface area contributed by atoms with Crippen LogP contribution >= 0.6 is 0 Å². The molecule has 6 heteroatoms. The monoisotopic (exact) mass is 242 g/mol. The Labute approximate surface area is 102 Å². The first-order valence-corrected chi connectivity index (χ1v) is 5.39. The molecule has 0 bridgehead atoms. The standard InChI is InChI=1S/C12H10N4O2/c1-8-14-15-11-10(3-2-5-16(8)11)13-12(17)9-4-6-18-7-9/h2-7H,1H3,(H,13,17). The van der Waals surface area contributed by atoms with Crippen molar-refractivity contribution < 1.29 is 9.21 Å². The lowest BCUT2D eigenvalue weighted by Gasteiger charge is -2.04. The fourth-order valence-electron chi connectivity index (χ4n) is 1.72. The molecule has 1 amide bonds. The first-order chi connectivity index (χ1) is 8.75. The number of rotatable bonds is 2. The van der Waals surface area contributed by atoms with E-state index < -0.39 is 0 Å². The van der Waals surface area contributed by atoms with Crippen LogP contribution in [0.1, 0.15) is 16.2 Å². The van der Waals surface area contributed by atoms with E-state index in [0.717, 1.165) is 5.82 Å². The average molecular weight is 242 g/mol. The molecule has 0 saturated carbocycles. The maximum absolute atomic E-state index is 11.9. The van der Waals surface area contributed by atoms with Crippen LogP contribution in [0.15, 0.2) is 41.3 Å². The summed E-state index contributed by atoms with van der Waals surface area (Å²) < 4.78 is 6.68. The number of anilines is 1. The first-order valence-electron chi connectivity index (χ1n) is 5.39. The van der Waals surface area contributed by atoms with E-state index in [9.17, 15) is 4.79 Å². The predicted molar refractivity (Wildman–Crippen MR) is 64.4 cm³/mol. The lowest BCUT2D eigenvalue weighted by atomic mass is 10.3. The second-order valence-electron chi connectivity index (χ2n) is 3.83. The fourth-order valence-corrected chi connectivity index (χ4v) is 1.72. The van der Waals surface area contributed by atoms with Crippen LogP contribution in [0, 0.1) is 6.92 Å². The van der Waals surface area contributed by atoms with Crippen molar-refractivity contribution in [3.63, 3.8) is 0 Å². The molecule has 0 atom stereocenters. The summed E-state index contributed by atoms with van der Waals surface area (Å²) in [4.78, 5) is 11.9. The molecule has 0 unspecified atom stereocenters. The molecule has 0 saturated heterocycles. The third-order valence-electron chi connectivity index (χ3n) is 2.64. The van der Waals surface area contributed by atoms with Crippen molar-refractivity contribution in [3.8, 4) is 0 Å². The molecule has 18 heavy (non-hydrogen) atoms. The Morgan fingerprint density at radius 3 is 3.06 bits per heavy atom. The molecule has 0 radical (unpaired) electrons. The minimum absolute atomic E-state index is 0.238. The van der Waals surface area contributed by atoms with E-state index in [0.29, 0.717) is 16.9 Å². The Hall–Kier alpha value is -2.63. The van der Waals surface area contributed by atoms with Gasteiger partial charge in [0.05, 0.1) is 17.5 Å². The van der Waals surface area contributed by atoms with Crippen LogP contribution in [-0.4, -0.2) is 20.5 Å². The smallest absolute Gasteiger partial charge is 0.259 e. The summed E-state index contributed by atoms with van der Waals surface area (Å²) in [5.41, 5.74) is 1.70. The summed E-state index contributed by atoms with van der Waals surface area (Å²) in [6.07, 6.45) is 4.69. The number of fused-ring (bicyclic) bond motifs is 1. The summed E-state index contributed by atoms with van der Waals surface area (Å²) in [7, 11) is 0. The molecule has 3 heterocycles. The number of aromatic nitrogens is 3. The second-order valence-corrected chi connectivity index (χ2v) is 3.83. The molecular formula is C12H10N4O2. The van der Waals surface area contributed by atoms with Gasteiger partial charge in [0.2, 0.25) is 0 Å². The molecule has 3 rings (SSSR count). The molecule has 1 N–H and O–H groups in total. The zero-order chi connectivity index (χ0) is 12.5. The van der Waals surface area contributed by atoms with Gasteiger partial charge in [-0.05, 0) is 25.1 Å². The van der Waals surface area contributed by atoms with Gasteiger partial charge in [-0.3, -0.25) is 9.20 Å². The van der Waals surface area contributed by atoms with E-state index in [2.05, 4.69) is 15.5 Å². The highest BCUT2D eigenvalue weighted by Crippen LogP contribution is 2.16. The highest BCUT2D eigenvalue weighted by molar-refractivity contribution is 6.05. The van der Waals surface area contributed by atoms with Crippen LogP contribution in [-0.2, 0) is 0 Å². The summed E-state index contributed by atoms with van der Waals surface area (Å²) in [6, 6.07) is 5.21. The zero-order valence-electron chi connectivity index (χ0n) is 9.62. The Kier molecular flexibility index (Phi) is 2.33. The van der Waals surface area contributed by atoms with Crippen molar-refractivity contribution in [1.82, 2.24) is 14.6 Å². The normalized spacial score (nSPS) is 10.7. The number of carbonyl (C=O) groups is 1. The van der Waals surface area contributed by atoms with Crippen molar-refractivity contribution in [2.24, 2.45) is 0 Å². The molecule has 0 aliphatic carbocycles. The average Bonchev–Trinajstić information content (AvgIpc) is 3.00. The van der Waals surface area contributed by atoms with E-state index >= 15 is 0 Å². The van der Waals surface area contributed by atoms with Gasteiger partial charge in [-0.1, -0.05) is 0 Å². The van der Waals surface area contributed by atoms with Crippen molar-refractivity contribution in [2.45, 2.75) is 6.92 Å².